The van der Waals surface area contributed by atoms with Crippen LogP contribution in [0.15, 0.2) is 85.1 Å². The van der Waals surface area contributed by atoms with Crippen LogP contribution < -0.4 is 5.73 Å². The van der Waals surface area contributed by atoms with E-state index in [1.807, 2.05) is 19.1 Å². The Bertz CT molecular complexity index is 1670. The summed E-state index contributed by atoms with van der Waals surface area (Å²) in [7, 11) is 0. The molecule has 18 nitrogen and oxygen atoms in total. The Balaban J connectivity index is 1.86. The first-order chi connectivity index (χ1) is 30.6. The Morgan fingerprint density at radius 2 is 1.23 bits per heavy atom. The molecule has 13 N–H and O–H groups in total. The van der Waals surface area contributed by atoms with E-state index in [1.54, 1.807) is 80.7 Å². The molecule has 0 radical (unpaired) electrons. The topological polar surface area (TPSA) is 320 Å². The molecule has 0 spiro atoms. The molecule has 0 saturated carbocycles. The first-order valence-corrected chi connectivity index (χ1v) is 22.3. The minimum absolute atomic E-state index is 0.107. The predicted octanol–water partition coefficient (Wildman–Crippen LogP) is 0.712. The fourth-order valence-electron chi connectivity index (χ4n) is 7.97. The molecule has 0 aliphatic carbocycles. The summed E-state index contributed by atoms with van der Waals surface area (Å²) in [6.45, 7) is 6.74. The summed E-state index contributed by atoms with van der Waals surface area (Å²) in [4.78, 5) is 25.1. The quantitative estimate of drug-likeness (QED) is 0.174. The molecular formula is C47H73NO17. The van der Waals surface area contributed by atoms with E-state index >= 15 is 0 Å². The van der Waals surface area contributed by atoms with Crippen molar-refractivity contribution in [1.29, 1.82) is 0 Å². The van der Waals surface area contributed by atoms with Gasteiger partial charge in [-0.2, -0.15) is 0 Å². The molecule has 18 heteroatoms. The Labute approximate surface area is 381 Å². The SMILES string of the molecule is C[C@H]1[C@H](O)[C@@H](C)C=CC=CC=CC=CC=CC=CC=C[C@H](O[C@@H]2O[C@@H](C)[C@H](O)[C@@H](N)[C@@H]2O)C[C@@H]2O[C@](O)(C[C@@H](O)C[C@@H](O)[C@@H](O)CC[C@@H](O)C[C@@H](O)CC(=O)O[C@H]1C)C[C@H](O)[C@H]2C(=O)O. The maximum Gasteiger partial charge on any atom is 0.311 e. The summed E-state index contributed by atoms with van der Waals surface area (Å²) in [6.07, 6.45) is 3.46. The number of aliphatic carboxylic acids is 1. The van der Waals surface area contributed by atoms with E-state index in [-0.39, 0.29) is 31.6 Å². The Morgan fingerprint density at radius 1 is 0.662 bits per heavy atom. The van der Waals surface area contributed by atoms with Crippen LogP contribution in [0.25, 0.3) is 0 Å². The van der Waals surface area contributed by atoms with Crippen molar-refractivity contribution in [2.24, 2.45) is 23.5 Å². The normalized spacial score (nSPS) is 42.0. The third-order valence-corrected chi connectivity index (χ3v) is 12.0. The van der Waals surface area contributed by atoms with Crippen LogP contribution in [-0.2, 0) is 28.5 Å². The van der Waals surface area contributed by atoms with Gasteiger partial charge in [-0.15, -0.1) is 0 Å². The maximum absolute atomic E-state index is 12.6. The van der Waals surface area contributed by atoms with Crippen molar-refractivity contribution in [1.82, 2.24) is 0 Å². The number of rotatable bonds is 3. The molecule has 19 atom stereocenters. The van der Waals surface area contributed by atoms with E-state index in [9.17, 15) is 65.8 Å². The van der Waals surface area contributed by atoms with Crippen LogP contribution >= 0.6 is 0 Å². The molecule has 3 heterocycles. The van der Waals surface area contributed by atoms with Crippen molar-refractivity contribution < 1.29 is 84.7 Å². The van der Waals surface area contributed by atoms with Crippen LogP contribution in [0.5, 0.6) is 0 Å². The van der Waals surface area contributed by atoms with Gasteiger partial charge in [-0.3, -0.25) is 9.59 Å². The molecule has 0 aromatic carbocycles. The van der Waals surface area contributed by atoms with Gasteiger partial charge < -0.3 is 80.9 Å². The fraction of sp³-hybridized carbons (Fsp3) is 0.660. The average molecular weight is 924 g/mol. The molecule has 3 aliphatic rings. The van der Waals surface area contributed by atoms with Crippen molar-refractivity contribution >= 4 is 11.9 Å². The number of cyclic esters (lactones) is 1. The third kappa shape index (κ3) is 18.6. The van der Waals surface area contributed by atoms with Gasteiger partial charge in [-0.05, 0) is 33.1 Å². The molecule has 2 saturated heterocycles. The molecule has 0 unspecified atom stereocenters. The lowest BCUT2D eigenvalue weighted by Gasteiger charge is -2.45. The number of carbonyl (C=O) groups excluding carboxylic acids is 1. The van der Waals surface area contributed by atoms with Crippen LogP contribution in [0, 0.1) is 17.8 Å². The highest BCUT2D eigenvalue weighted by molar-refractivity contribution is 5.71. The van der Waals surface area contributed by atoms with Crippen molar-refractivity contribution in [3.63, 3.8) is 0 Å². The van der Waals surface area contributed by atoms with Gasteiger partial charge in [0, 0.05) is 37.5 Å². The number of esters is 1. The number of aliphatic hydroxyl groups excluding tert-OH is 9. The van der Waals surface area contributed by atoms with E-state index in [0.717, 1.165) is 0 Å². The number of hydrogen-bond acceptors (Lipinski definition) is 17. The molecule has 65 heavy (non-hydrogen) atoms. The zero-order valence-electron chi connectivity index (χ0n) is 37.6. The van der Waals surface area contributed by atoms with Crippen molar-refractivity contribution in [3.8, 4) is 0 Å². The summed E-state index contributed by atoms with van der Waals surface area (Å²) in [5, 5.41) is 118. The monoisotopic (exact) mass is 923 g/mol. The highest BCUT2D eigenvalue weighted by Crippen LogP contribution is 2.38. The van der Waals surface area contributed by atoms with Crippen molar-refractivity contribution in [3.05, 3.63) is 85.1 Å². The molecule has 0 aromatic heterocycles. The van der Waals surface area contributed by atoms with Gasteiger partial charge in [0.05, 0.1) is 79.6 Å². The summed E-state index contributed by atoms with van der Waals surface area (Å²) in [6, 6.07) is -1.15. The van der Waals surface area contributed by atoms with Crippen LogP contribution in [0.3, 0.4) is 0 Å². The number of hydrogen-bond donors (Lipinski definition) is 12. The average Bonchev–Trinajstić information content (AvgIpc) is 3.21. The summed E-state index contributed by atoms with van der Waals surface area (Å²) in [5.74, 6) is -6.83. The maximum atomic E-state index is 12.6. The van der Waals surface area contributed by atoms with Crippen LogP contribution in [0.1, 0.15) is 79.1 Å². The molecule has 368 valence electrons. The second kappa shape index (κ2) is 27.4. The van der Waals surface area contributed by atoms with Gasteiger partial charge >= 0.3 is 11.9 Å². The Morgan fingerprint density at radius 3 is 1.82 bits per heavy atom. The highest BCUT2D eigenvalue weighted by atomic mass is 16.7. The number of nitrogens with two attached hydrogens (primary N) is 1. The van der Waals surface area contributed by atoms with E-state index < -0.39 is 147 Å². The lowest BCUT2D eigenvalue weighted by molar-refractivity contribution is -0.308. The number of allylic oxidation sites excluding steroid dienone is 12. The van der Waals surface area contributed by atoms with Gasteiger partial charge in [-0.1, -0.05) is 98.9 Å². The number of carbonyl (C=O) groups is 2. The minimum atomic E-state index is -2.33. The molecule has 3 aliphatic heterocycles. The minimum Gasteiger partial charge on any atom is -0.481 e. The number of ether oxygens (including phenoxy) is 4. The van der Waals surface area contributed by atoms with E-state index in [0.29, 0.717) is 0 Å². The highest BCUT2D eigenvalue weighted by Gasteiger charge is 2.51. The first-order valence-electron chi connectivity index (χ1n) is 22.3. The smallest absolute Gasteiger partial charge is 0.311 e. The largest absolute Gasteiger partial charge is 0.481 e. The predicted molar refractivity (Wildman–Crippen MR) is 237 cm³/mol. The van der Waals surface area contributed by atoms with Gasteiger partial charge in [0.15, 0.2) is 12.1 Å². The number of carboxylic acids is 1. The fourth-order valence-corrected chi connectivity index (χ4v) is 7.97. The molecule has 2 fully saturated rings. The van der Waals surface area contributed by atoms with E-state index in [2.05, 4.69) is 0 Å². The lowest BCUT2D eigenvalue weighted by atomic mass is 9.82. The summed E-state index contributed by atoms with van der Waals surface area (Å²) >= 11 is 0. The Hall–Kier alpha value is -3.44. The molecule has 0 amide bonds. The van der Waals surface area contributed by atoms with Gasteiger partial charge in [-0.25, -0.2) is 0 Å². The van der Waals surface area contributed by atoms with Gasteiger partial charge in [0.2, 0.25) is 0 Å². The van der Waals surface area contributed by atoms with Crippen LogP contribution in [0.4, 0.5) is 0 Å². The van der Waals surface area contributed by atoms with Gasteiger partial charge in [0.1, 0.15) is 18.1 Å². The zero-order valence-corrected chi connectivity index (χ0v) is 37.6. The summed E-state index contributed by atoms with van der Waals surface area (Å²) < 4.78 is 23.1. The van der Waals surface area contributed by atoms with Crippen molar-refractivity contribution in [2.75, 3.05) is 0 Å². The first kappa shape index (κ1) is 55.9. The van der Waals surface area contributed by atoms with Crippen molar-refractivity contribution in [2.45, 2.75) is 177 Å². The van der Waals surface area contributed by atoms with Gasteiger partial charge in [0.25, 0.3) is 0 Å². The molecular weight excluding hydrogens is 851 g/mol. The second-order valence-electron chi connectivity index (χ2n) is 17.6. The molecule has 2 bridgehead atoms. The lowest BCUT2D eigenvalue weighted by Crippen LogP contribution is -2.61. The summed E-state index contributed by atoms with van der Waals surface area (Å²) in [5.41, 5.74) is 6.02. The standard InChI is InChI=1S/C47H73NO17/c1-27-17-15-13-11-9-7-5-6-8-10-12-14-16-18-34(64-46-44(58)41(48)43(57)30(4)63-46)24-38-40(45(59)60)37(54)26-47(61,65-38)25-33(51)22-36(53)35(52)20-19-31(49)21-32(50)23-39(55)62-29(3)28(2)42(27)56/h5-18,27-38,40-44,46,49-54,56-58,61H,19-26,48H2,1-4H3,(H,59,60)/t27-,28+,29-,30-,31+,32+,33-,34-,35-,36+,37-,38-,40+,41+,42+,43-,44-,46-,47+/m0/s1. The molecule has 3 rings (SSSR count). The van der Waals surface area contributed by atoms with E-state index in [4.69, 9.17) is 24.7 Å². The van der Waals surface area contributed by atoms with E-state index in [1.165, 1.54) is 13.0 Å². The Kier molecular flexibility index (Phi) is 23.6. The van der Waals surface area contributed by atoms with Crippen LogP contribution in [-0.4, -0.2) is 166 Å². The second-order valence-corrected chi connectivity index (χ2v) is 17.6. The number of fused-ring (bicyclic) bond motifs is 2. The molecule has 0 aromatic rings. The number of carboxylic acid groups (broad SMARTS) is 1. The van der Waals surface area contributed by atoms with Crippen LogP contribution in [0.2, 0.25) is 0 Å². The third-order valence-electron chi connectivity index (χ3n) is 12.0. The zero-order chi connectivity index (χ0) is 48.4. The number of aliphatic hydroxyl groups is 10.